The Labute approximate surface area is 143 Å². The van der Waals surface area contributed by atoms with E-state index in [0.29, 0.717) is 17.2 Å². The number of halogens is 3. The van der Waals surface area contributed by atoms with Gasteiger partial charge < -0.3 is 15.5 Å². The Morgan fingerprint density at radius 1 is 1.52 bits per heavy atom. The van der Waals surface area contributed by atoms with Gasteiger partial charge in [0.05, 0.1) is 10.7 Å². The smallest absolute Gasteiger partial charge is 0.388 e. The summed E-state index contributed by atoms with van der Waals surface area (Å²) in [6.07, 6.45) is 1.87. The fourth-order valence-corrected chi connectivity index (χ4v) is 2.81. The van der Waals surface area contributed by atoms with Crippen LogP contribution in [-0.4, -0.2) is 22.3 Å². The summed E-state index contributed by atoms with van der Waals surface area (Å²) in [4.78, 5) is 11.0. The van der Waals surface area contributed by atoms with Gasteiger partial charge in [-0.05, 0) is 37.8 Å². The van der Waals surface area contributed by atoms with Crippen LogP contribution < -0.4 is 16.8 Å². The Bertz CT molecular complexity index is 743. The van der Waals surface area contributed by atoms with Gasteiger partial charge in [-0.1, -0.05) is 11.6 Å². The summed E-state index contributed by atoms with van der Waals surface area (Å²) >= 11 is 6.01. The summed E-state index contributed by atoms with van der Waals surface area (Å²) < 4.78 is 18.8. The van der Waals surface area contributed by atoms with Crippen molar-refractivity contribution in [1.82, 2.24) is 10.2 Å². The number of aromatic amines is 1. The van der Waals surface area contributed by atoms with Crippen molar-refractivity contribution >= 4 is 29.7 Å². The van der Waals surface area contributed by atoms with Crippen molar-refractivity contribution in [3.05, 3.63) is 33.5 Å². The Kier molecular flexibility index (Phi) is 5.33. The molecule has 1 aliphatic rings. The molecular formula is C14H17Cl2FN4O2. The van der Waals surface area contributed by atoms with E-state index in [0.717, 1.165) is 12.8 Å². The lowest BCUT2D eigenvalue weighted by Crippen LogP contribution is -2.43. The van der Waals surface area contributed by atoms with E-state index in [1.807, 2.05) is 6.92 Å². The lowest BCUT2D eigenvalue weighted by Gasteiger charge is -2.37. The Hall–Kier alpha value is -1.57. The van der Waals surface area contributed by atoms with Crippen LogP contribution in [0.4, 0.5) is 10.1 Å². The van der Waals surface area contributed by atoms with Gasteiger partial charge in [0.2, 0.25) is 5.89 Å². The van der Waals surface area contributed by atoms with Crippen molar-refractivity contribution in [2.45, 2.75) is 31.8 Å². The molecule has 1 aromatic heterocycles. The average molecular weight is 363 g/mol. The number of nitrogens with zero attached hydrogens (tertiary/aromatic N) is 1. The van der Waals surface area contributed by atoms with E-state index in [1.165, 1.54) is 6.07 Å². The van der Waals surface area contributed by atoms with Crippen LogP contribution in [0.25, 0.3) is 11.5 Å². The normalized spacial score (nSPS) is 21.2. The molecule has 1 atom stereocenters. The van der Waals surface area contributed by atoms with E-state index in [-0.39, 0.29) is 35.4 Å². The summed E-state index contributed by atoms with van der Waals surface area (Å²) in [5, 5.41) is 9.03. The number of hydrogen-bond donors (Lipinski definition) is 3. The van der Waals surface area contributed by atoms with Crippen molar-refractivity contribution < 1.29 is 8.81 Å². The van der Waals surface area contributed by atoms with Crippen LogP contribution in [-0.2, 0) is 0 Å². The molecular weight excluding hydrogens is 346 g/mol. The Morgan fingerprint density at radius 2 is 2.22 bits per heavy atom. The van der Waals surface area contributed by atoms with Crippen LogP contribution in [0, 0.1) is 11.7 Å². The second-order valence-corrected chi connectivity index (χ2v) is 6.04. The number of H-pyrrole nitrogens is 1. The van der Waals surface area contributed by atoms with Gasteiger partial charge in [0.25, 0.3) is 0 Å². The molecule has 126 valence electrons. The fraction of sp³-hybridized carbons (Fsp3) is 0.429. The number of hydrogen-bond acceptors (Lipinski definition) is 5. The first-order valence-electron chi connectivity index (χ1n) is 7.01. The maximum absolute atomic E-state index is 14.0. The Morgan fingerprint density at radius 3 is 2.78 bits per heavy atom. The first kappa shape index (κ1) is 17.8. The first-order chi connectivity index (χ1) is 10.4. The van der Waals surface area contributed by atoms with Crippen molar-refractivity contribution in [3.63, 3.8) is 0 Å². The number of nitrogens with two attached hydrogens (primary N) is 1. The molecule has 1 aromatic carbocycles. The van der Waals surface area contributed by atoms with Crippen molar-refractivity contribution in [2.24, 2.45) is 11.7 Å². The number of anilines is 1. The van der Waals surface area contributed by atoms with E-state index in [4.69, 9.17) is 21.8 Å². The lowest BCUT2D eigenvalue weighted by molar-refractivity contribution is 0.241. The Balaban J connectivity index is 0.00000192. The third kappa shape index (κ3) is 3.68. The topological polar surface area (TPSA) is 96.9 Å². The molecule has 1 aliphatic carbocycles. The molecule has 6 nitrogen and oxygen atoms in total. The maximum atomic E-state index is 14.0. The molecule has 0 spiro atoms. The van der Waals surface area contributed by atoms with Gasteiger partial charge in [-0.25, -0.2) is 14.3 Å². The zero-order chi connectivity index (χ0) is 15.9. The minimum Gasteiger partial charge on any atom is -0.388 e. The second kappa shape index (κ2) is 6.90. The van der Waals surface area contributed by atoms with Gasteiger partial charge in [-0.3, -0.25) is 0 Å². The predicted octanol–water partition coefficient (Wildman–Crippen LogP) is 2.78. The molecule has 3 rings (SSSR count). The molecule has 1 heterocycles. The SMILES string of the molecule is C[C@H](Nc1cc(-c2n[nH]c(=O)o2)cc(F)c1Cl)C1CC(N)C1.Cl. The summed E-state index contributed by atoms with van der Waals surface area (Å²) in [5.74, 6) is -0.857. The minimum absolute atomic E-state index is 0. The molecule has 0 unspecified atom stereocenters. The molecule has 0 radical (unpaired) electrons. The van der Waals surface area contributed by atoms with Gasteiger partial charge in [0, 0.05) is 17.6 Å². The molecule has 0 bridgehead atoms. The summed E-state index contributed by atoms with van der Waals surface area (Å²) in [7, 11) is 0. The van der Waals surface area contributed by atoms with E-state index < -0.39 is 11.6 Å². The average Bonchev–Trinajstić information content (AvgIpc) is 2.86. The maximum Gasteiger partial charge on any atom is 0.434 e. The van der Waals surface area contributed by atoms with E-state index >= 15 is 0 Å². The summed E-state index contributed by atoms with van der Waals surface area (Å²) in [5.41, 5.74) is 6.56. The monoisotopic (exact) mass is 362 g/mol. The lowest BCUT2D eigenvalue weighted by atomic mass is 9.76. The quantitative estimate of drug-likeness (QED) is 0.776. The number of nitrogens with one attached hydrogen (secondary N) is 2. The predicted molar refractivity (Wildman–Crippen MR) is 88.6 cm³/mol. The number of aromatic nitrogens is 2. The van der Waals surface area contributed by atoms with E-state index in [1.54, 1.807) is 6.07 Å². The molecule has 4 N–H and O–H groups in total. The molecule has 9 heteroatoms. The molecule has 1 saturated carbocycles. The van der Waals surface area contributed by atoms with Gasteiger partial charge in [-0.2, -0.15) is 0 Å². The fourth-order valence-electron chi connectivity index (χ4n) is 2.65. The molecule has 1 fully saturated rings. The highest BCUT2D eigenvalue weighted by atomic mass is 35.5. The van der Waals surface area contributed by atoms with Crippen LogP contribution in [0.5, 0.6) is 0 Å². The highest BCUT2D eigenvalue weighted by Crippen LogP contribution is 2.34. The van der Waals surface area contributed by atoms with Crippen molar-refractivity contribution in [3.8, 4) is 11.5 Å². The van der Waals surface area contributed by atoms with Crippen molar-refractivity contribution in [2.75, 3.05) is 5.32 Å². The minimum atomic E-state index is -0.698. The third-order valence-electron chi connectivity index (χ3n) is 4.01. The van der Waals surface area contributed by atoms with Crippen molar-refractivity contribution in [1.29, 1.82) is 0 Å². The van der Waals surface area contributed by atoms with E-state index in [2.05, 4.69) is 15.5 Å². The van der Waals surface area contributed by atoms with Gasteiger partial charge in [0.1, 0.15) is 5.82 Å². The van der Waals surface area contributed by atoms with Crippen LogP contribution in [0.1, 0.15) is 19.8 Å². The molecule has 0 amide bonds. The third-order valence-corrected chi connectivity index (χ3v) is 4.40. The van der Waals surface area contributed by atoms with Crippen LogP contribution in [0.3, 0.4) is 0 Å². The van der Waals surface area contributed by atoms with Crippen LogP contribution in [0.15, 0.2) is 21.3 Å². The second-order valence-electron chi connectivity index (χ2n) is 5.66. The standard InChI is InChI=1S/C14H16ClFN4O2.ClH/c1-6(7-2-9(17)3-7)18-11-5-8(4-10(16)12(11)15)13-19-20-14(21)22-13;/h4-7,9,18H,2-3,17H2,1H3,(H,20,21);1H/t6-,7?,9?;/m0./s1. The van der Waals surface area contributed by atoms with E-state index in [9.17, 15) is 9.18 Å². The zero-order valence-corrected chi connectivity index (χ0v) is 13.9. The largest absolute Gasteiger partial charge is 0.434 e. The number of rotatable bonds is 4. The highest BCUT2D eigenvalue weighted by Gasteiger charge is 2.31. The van der Waals surface area contributed by atoms with Crippen LogP contribution >= 0.6 is 24.0 Å². The van der Waals surface area contributed by atoms with Crippen LogP contribution in [0.2, 0.25) is 5.02 Å². The molecule has 23 heavy (non-hydrogen) atoms. The van der Waals surface area contributed by atoms with Gasteiger partial charge >= 0.3 is 5.76 Å². The summed E-state index contributed by atoms with van der Waals surface area (Å²) in [6.45, 7) is 2.01. The molecule has 0 aliphatic heterocycles. The zero-order valence-electron chi connectivity index (χ0n) is 12.3. The van der Waals surface area contributed by atoms with Gasteiger partial charge in [0.15, 0.2) is 0 Å². The van der Waals surface area contributed by atoms with Gasteiger partial charge in [-0.15, -0.1) is 17.5 Å². The summed E-state index contributed by atoms with van der Waals surface area (Å²) in [6, 6.07) is 3.14. The molecule has 0 saturated heterocycles. The number of benzene rings is 1. The molecule has 2 aromatic rings. The highest BCUT2D eigenvalue weighted by molar-refractivity contribution is 6.33. The first-order valence-corrected chi connectivity index (χ1v) is 7.39.